The van der Waals surface area contributed by atoms with Crippen molar-refractivity contribution in [1.29, 1.82) is 0 Å². The van der Waals surface area contributed by atoms with Gasteiger partial charge in [0.15, 0.2) is 0 Å². The Hall–Kier alpha value is -2.34. The van der Waals surface area contributed by atoms with Gasteiger partial charge in [-0.15, -0.1) is 0 Å². The summed E-state index contributed by atoms with van der Waals surface area (Å²) in [7, 11) is 1.67. The molecule has 0 aliphatic carbocycles. The van der Waals surface area contributed by atoms with Crippen LogP contribution in [0.5, 0.6) is 0 Å². The zero-order valence-corrected chi connectivity index (χ0v) is 15.9. The number of hydrogen-bond donors (Lipinski definition) is 1. The number of ether oxygens (including phenoxy) is 1. The first kappa shape index (κ1) is 18.5. The van der Waals surface area contributed by atoms with Gasteiger partial charge in [0.1, 0.15) is 0 Å². The van der Waals surface area contributed by atoms with Crippen molar-refractivity contribution in [2.45, 2.75) is 51.7 Å². The summed E-state index contributed by atoms with van der Waals surface area (Å²) in [6, 6.07) is 10.00. The van der Waals surface area contributed by atoms with Gasteiger partial charge in [0.05, 0.1) is 18.3 Å². The largest absolute Gasteiger partial charge is 0.380 e. The summed E-state index contributed by atoms with van der Waals surface area (Å²) >= 11 is 0. The molecule has 1 aromatic heterocycles. The van der Waals surface area contributed by atoms with Crippen LogP contribution in [0.3, 0.4) is 0 Å². The van der Waals surface area contributed by atoms with Crippen molar-refractivity contribution in [3.8, 4) is 0 Å². The summed E-state index contributed by atoms with van der Waals surface area (Å²) in [6.45, 7) is 7.49. The highest BCUT2D eigenvalue weighted by Crippen LogP contribution is 2.28. The van der Waals surface area contributed by atoms with Gasteiger partial charge in [-0.05, 0) is 24.1 Å². The smallest absolute Gasteiger partial charge is 0.227 e. The van der Waals surface area contributed by atoms with E-state index in [9.17, 15) is 4.79 Å². The Morgan fingerprint density at radius 2 is 2.04 bits per heavy atom. The Kier molecular flexibility index (Phi) is 5.32. The molecule has 1 aliphatic rings. The molecule has 1 fully saturated rings. The topological polar surface area (TPSA) is 67.6 Å². The lowest BCUT2D eigenvalue weighted by molar-refractivity contribution is -0.117. The molecule has 0 bridgehead atoms. The van der Waals surface area contributed by atoms with Crippen LogP contribution in [-0.2, 0) is 21.6 Å². The number of rotatable bonds is 6. The van der Waals surface area contributed by atoms with Crippen LogP contribution < -0.4 is 10.2 Å². The minimum atomic E-state index is -0.0528. The van der Waals surface area contributed by atoms with E-state index in [1.165, 1.54) is 0 Å². The lowest BCUT2D eigenvalue weighted by Gasteiger charge is -2.25. The van der Waals surface area contributed by atoms with Crippen molar-refractivity contribution >= 4 is 17.5 Å². The van der Waals surface area contributed by atoms with Crippen LogP contribution in [0.4, 0.5) is 11.6 Å². The third kappa shape index (κ3) is 4.07. The SMILES string of the molecule is COCc1ccc(N2C(=O)CCC2CNc2cc(C(C)(C)C)no2)cc1. The summed E-state index contributed by atoms with van der Waals surface area (Å²) in [4.78, 5) is 14.3. The molecule has 1 amide bonds. The number of methoxy groups -OCH3 is 1. The molecule has 1 atom stereocenters. The number of carbonyl (C=O) groups excluding carboxylic acids is 1. The van der Waals surface area contributed by atoms with Gasteiger partial charge >= 0.3 is 0 Å². The van der Waals surface area contributed by atoms with Gasteiger partial charge in [0.2, 0.25) is 11.8 Å². The second-order valence-electron chi connectivity index (χ2n) is 7.76. The van der Waals surface area contributed by atoms with Crippen LogP contribution in [0.2, 0.25) is 0 Å². The van der Waals surface area contributed by atoms with Gasteiger partial charge in [-0.1, -0.05) is 38.1 Å². The minimum Gasteiger partial charge on any atom is -0.380 e. The van der Waals surface area contributed by atoms with Crippen LogP contribution in [0.15, 0.2) is 34.9 Å². The third-order valence-corrected chi connectivity index (χ3v) is 4.64. The van der Waals surface area contributed by atoms with Gasteiger partial charge in [0, 0.05) is 37.2 Å². The third-order valence-electron chi connectivity index (χ3n) is 4.64. The molecule has 1 N–H and O–H groups in total. The molecule has 1 aromatic carbocycles. The van der Waals surface area contributed by atoms with Gasteiger partial charge in [-0.2, -0.15) is 0 Å². The number of nitrogens with one attached hydrogen (secondary N) is 1. The first-order chi connectivity index (χ1) is 12.4. The van der Waals surface area contributed by atoms with Gasteiger partial charge in [-0.3, -0.25) is 4.79 Å². The van der Waals surface area contributed by atoms with Crippen molar-refractivity contribution in [2.75, 3.05) is 23.9 Å². The quantitative estimate of drug-likeness (QED) is 0.853. The Balaban J connectivity index is 1.67. The molecular formula is C20H27N3O3. The van der Waals surface area contributed by atoms with Gasteiger partial charge in [0.25, 0.3) is 0 Å². The maximum absolute atomic E-state index is 12.4. The van der Waals surface area contributed by atoms with Crippen LogP contribution in [0.1, 0.15) is 44.9 Å². The Morgan fingerprint density at radius 1 is 1.31 bits per heavy atom. The fourth-order valence-corrected chi connectivity index (χ4v) is 3.14. The molecule has 1 unspecified atom stereocenters. The van der Waals surface area contributed by atoms with Crippen molar-refractivity contribution in [3.63, 3.8) is 0 Å². The normalized spacial score (nSPS) is 17.8. The van der Waals surface area contributed by atoms with Crippen LogP contribution in [0.25, 0.3) is 0 Å². The molecule has 140 valence electrons. The summed E-state index contributed by atoms with van der Waals surface area (Å²) < 4.78 is 10.5. The van der Waals surface area contributed by atoms with Crippen LogP contribution in [-0.4, -0.2) is 30.8 Å². The molecule has 6 nitrogen and oxygen atoms in total. The Morgan fingerprint density at radius 3 is 2.65 bits per heavy atom. The lowest BCUT2D eigenvalue weighted by Crippen LogP contribution is -2.37. The first-order valence-electron chi connectivity index (χ1n) is 8.99. The number of amides is 1. The van der Waals surface area contributed by atoms with E-state index in [-0.39, 0.29) is 17.4 Å². The zero-order chi connectivity index (χ0) is 18.7. The van der Waals surface area contributed by atoms with Gasteiger partial charge < -0.3 is 19.5 Å². The van der Waals surface area contributed by atoms with Crippen LogP contribution in [0, 0.1) is 0 Å². The fourth-order valence-electron chi connectivity index (χ4n) is 3.14. The standard InChI is InChI=1S/C20H27N3O3/c1-20(2,3)17-11-18(26-22-17)21-12-16-9-10-19(24)23(16)15-7-5-14(6-8-15)13-25-4/h5-8,11,16,21H,9-10,12-13H2,1-4H3. The first-order valence-corrected chi connectivity index (χ1v) is 8.99. The average molecular weight is 357 g/mol. The highest BCUT2D eigenvalue weighted by Gasteiger charge is 2.32. The molecule has 0 spiro atoms. The van der Waals surface area contributed by atoms with Crippen LogP contribution >= 0.6 is 0 Å². The van der Waals surface area contributed by atoms with E-state index in [0.717, 1.165) is 23.4 Å². The summed E-state index contributed by atoms with van der Waals surface area (Å²) in [5.41, 5.74) is 2.87. The maximum Gasteiger partial charge on any atom is 0.227 e. The predicted molar refractivity (Wildman–Crippen MR) is 101 cm³/mol. The van der Waals surface area contributed by atoms with E-state index < -0.39 is 0 Å². The second kappa shape index (κ2) is 7.50. The average Bonchev–Trinajstić information content (AvgIpc) is 3.21. The van der Waals surface area contributed by atoms with E-state index in [1.807, 2.05) is 35.2 Å². The van der Waals surface area contributed by atoms with Crippen molar-refractivity contribution in [2.24, 2.45) is 0 Å². The van der Waals surface area contributed by atoms with Crippen molar-refractivity contribution < 1.29 is 14.1 Å². The predicted octanol–water partition coefficient (Wildman–Crippen LogP) is 3.73. The summed E-state index contributed by atoms with van der Waals surface area (Å²) in [6.07, 6.45) is 1.39. The van der Waals surface area contributed by atoms with Crippen molar-refractivity contribution in [1.82, 2.24) is 5.16 Å². The number of anilines is 2. The number of nitrogens with zero attached hydrogens (tertiary/aromatic N) is 2. The summed E-state index contributed by atoms with van der Waals surface area (Å²) in [5, 5.41) is 7.41. The zero-order valence-electron chi connectivity index (χ0n) is 15.9. The number of aromatic nitrogens is 1. The second-order valence-corrected chi connectivity index (χ2v) is 7.76. The molecule has 1 saturated heterocycles. The van der Waals surface area contributed by atoms with E-state index in [0.29, 0.717) is 25.5 Å². The number of benzene rings is 1. The minimum absolute atomic E-state index is 0.0528. The van der Waals surface area contributed by atoms with Gasteiger partial charge in [-0.25, -0.2) is 0 Å². The molecular weight excluding hydrogens is 330 g/mol. The number of carbonyl (C=O) groups is 1. The highest BCUT2D eigenvalue weighted by molar-refractivity contribution is 5.96. The van der Waals surface area contributed by atoms with E-state index in [1.54, 1.807) is 7.11 Å². The van der Waals surface area contributed by atoms with E-state index >= 15 is 0 Å². The molecule has 2 heterocycles. The van der Waals surface area contributed by atoms with E-state index in [4.69, 9.17) is 9.26 Å². The summed E-state index contributed by atoms with van der Waals surface area (Å²) in [5.74, 6) is 0.800. The van der Waals surface area contributed by atoms with E-state index in [2.05, 4.69) is 31.2 Å². The molecule has 26 heavy (non-hydrogen) atoms. The molecule has 6 heteroatoms. The molecule has 2 aromatic rings. The Bertz CT molecular complexity index is 746. The lowest BCUT2D eigenvalue weighted by atomic mass is 9.92. The number of hydrogen-bond acceptors (Lipinski definition) is 5. The Labute approximate surface area is 154 Å². The molecule has 3 rings (SSSR count). The highest BCUT2D eigenvalue weighted by atomic mass is 16.5. The molecule has 1 aliphatic heterocycles. The molecule has 0 radical (unpaired) electrons. The van der Waals surface area contributed by atoms with Crippen molar-refractivity contribution in [3.05, 3.63) is 41.6 Å². The maximum atomic E-state index is 12.4. The molecule has 0 saturated carbocycles. The fraction of sp³-hybridized carbons (Fsp3) is 0.500. The monoisotopic (exact) mass is 357 g/mol.